The van der Waals surface area contributed by atoms with Gasteiger partial charge >= 0.3 is 0 Å². The van der Waals surface area contributed by atoms with Crippen LogP contribution in [0.25, 0.3) is 0 Å². The summed E-state index contributed by atoms with van der Waals surface area (Å²) >= 11 is 3.57. The van der Waals surface area contributed by atoms with Gasteiger partial charge in [-0.1, -0.05) is 52.3 Å². The van der Waals surface area contributed by atoms with E-state index >= 15 is 0 Å². The largest absolute Gasteiger partial charge is 0.493 e. The number of likely N-dealkylation sites (tertiary alicyclic amines) is 1. The minimum absolute atomic E-state index is 0.132. The van der Waals surface area contributed by atoms with Crippen LogP contribution < -0.4 is 4.74 Å². The maximum absolute atomic E-state index is 9.73. The Morgan fingerprint density at radius 1 is 1.12 bits per heavy atom. The summed E-state index contributed by atoms with van der Waals surface area (Å²) in [5, 5.41) is 9.73. The van der Waals surface area contributed by atoms with Gasteiger partial charge in [-0.3, -0.25) is 0 Å². The molecule has 3 rings (SSSR count). The van der Waals surface area contributed by atoms with E-state index in [1.807, 2.05) is 18.2 Å². The molecule has 2 aromatic carbocycles. The molecule has 1 atom stereocenters. The van der Waals surface area contributed by atoms with Crippen molar-refractivity contribution in [2.24, 2.45) is 0 Å². The first-order chi connectivity index (χ1) is 12.1. The van der Waals surface area contributed by atoms with E-state index in [9.17, 15) is 5.11 Å². The number of benzene rings is 2. The van der Waals surface area contributed by atoms with Crippen LogP contribution in [-0.2, 0) is 0 Å². The van der Waals surface area contributed by atoms with Crippen molar-refractivity contribution in [2.45, 2.75) is 31.8 Å². The summed E-state index contributed by atoms with van der Waals surface area (Å²) in [6.07, 6.45) is 1.60. The van der Waals surface area contributed by atoms with Crippen LogP contribution in [0.15, 0.2) is 53.0 Å². The summed E-state index contributed by atoms with van der Waals surface area (Å²) in [4.78, 5) is 2.45. The van der Waals surface area contributed by atoms with Gasteiger partial charge < -0.3 is 14.7 Å². The second kappa shape index (κ2) is 8.84. The fourth-order valence-electron chi connectivity index (χ4n) is 3.33. The van der Waals surface area contributed by atoms with Crippen LogP contribution in [0, 0.1) is 6.92 Å². The molecule has 1 saturated heterocycles. The van der Waals surface area contributed by atoms with Gasteiger partial charge in [0.05, 0.1) is 12.7 Å². The van der Waals surface area contributed by atoms with Crippen molar-refractivity contribution in [1.29, 1.82) is 0 Å². The van der Waals surface area contributed by atoms with E-state index in [-0.39, 0.29) is 6.10 Å². The molecule has 0 bridgehead atoms. The summed E-state index contributed by atoms with van der Waals surface area (Å²) in [5.74, 6) is 1.25. The van der Waals surface area contributed by atoms with Crippen molar-refractivity contribution in [3.63, 3.8) is 0 Å². The number of aliphatic hydroxyl groups is 1. The molecule has 1 fully saturated rings. The first-order valence-corrected chi connectivity index (χ1v) is 9.76. The Morgan fingerprint density at radius 2 is 1.84 bits per heavy atom. The topological polar surface area (TPSA) is 32.7 Å². The average molecular weight is 404 g/mol. The number of piperidine rings is 1. The van der Waals surface area contributed by atoms with Crippen LogP contribution in [0.5, 0.6) is 5.75 Å². The Labute approximate surface area is 158 Å². The van der Waals surface area contributed by atoms with Gasteiger partial charge in [-0.05, 0) is 37.5 Å². The standard InChI is InChI=1S/C21H26BrNO2/c1-16-20(22)8-5-9-21(16)25-15-18(17-6-3-2-4-7-17)14-23-12-10-19(24)11-13-23/h2-9,18-19,24H,10-15H2,1H3. The minimum Gasteiger partial charge on any atom is -0.493 e. The highest BCUT2D eigenvalue weighted by Gasteiger charge is 2.22. The molecule has 0 aromatic heterocycles. The van der Waals surface area contributed by atoms with Crippen LogP contribution in [0.4, 0.5) is 0 Å². The van der Waals surface area contributed by atoms with E-state index in [4.69, 9.17) is 4.74 Å². The first kappa shape index (κ1) is 18.4. The lowest BCUT2D eigenvalue weighted by molar-refractivity contribution is 0.0763. The molecule has 2 aromatic rings. The van der Waals surface area contributed by atoms with Gasteiger partial charge in [0.2, 0.25) is 0 Å². The molecule has 0 spiro atoms. The quantitative estimate of drug-likeness (QED) is 0.776. The van der Waals surface area contributed by atoms with Crippen LogP contribution in [0.2, 0.25) is 0 Å². The number of rotatable bonds is 6. The fraction of sp³-hybridized carbons (Fsp3) is 0.429. The van der Waals surface area contributed by atoms with Crippen molar-refractivity contribution >= 4 is 15.9 Å². The normalized spacial score (nSPS) is 17.4. The lowest BCUT2D eigenvalue weighted by Gasteiger charge is -2.32. The number of ether oxygens (including phenoxy) is 1. The third kappa shape index (κ3) is 5.06. The molecular formula is C21H26BrNO2. The van der Waals surface area contributed by atoms with Crippen LogP contribution in [0.3, 0.4) is 0 Å². The van der Waals surface area contributed by atoms with E-state index in [0.717, 1.165) is 48.3 Å². The molecule has 1 N–H and O–H groups in total. The number of hydrogen-bond acceptors (Lipinski definition) is 3. The van der Waals surface area contributed by atoms with Crippen LogP contribution in [-0.4, -0.2) is 42.4 Å². The molecule has 1 aliphatic heterocycles. The van der Waals surface area contributed by atoms with Gasteiger partial charge in [-0.2, -0.15) is 0 Å². The molecule has 25 heavy (non-hydrogen) atoms. The highest BCUT2D eigenvalue weighted by atomic mass is 79.9. The van der Waals surface area contributed by atoms with E-state index < -0.39 is 0 Å². The maximum Gasteiger partial charge on any atom is 0.123 e. The fourth-order valence-corrected chi connectivity index (χ4v) is 3.68. The molecule has 4 heteroatoms. The summed E-state index contributed by atoms with van der Waals surface area (Å²) < 4.78 is 7.27. The highest BCUT2D eigenvalue weighted by molar-refractivity contribution is 9.10. The van der Waals surface area contributed by atoms with Gasteiger partial charge in [-0.25, -0.2) is 0 Å². The lowest BCUT2D eigenvalue weighted by atomic mass is 9.97. The molecule has 1 heterocycles. The molecule has 0 aliphatic carbocycles. The Kier molecular flexibility index (Phi) is 6.51. The van der Waals surface area contributed by atoms with E-state index in [1.54, 1.807) is 0 Å². The zero-order valence-corrected chi connectivity index (χ0v) is 16.3. The predicted octanol–water partition coefficient (Wildman–Crippen LogP) is 4.38. The summed E-state index contributed by atoms with van der Waals surface area (Å²) in [5.41, 5.74) is 2.44. The van der Waals surface area contributed by atoms with E-state index in [1.165, 1.54) is 5.56 Å². The van der Waals surface area contributed by atoms with Gasteiger partial charge in [0.25, 0.3) is 0 Å². The van der Waals surface area contributed by atoms with Crippen LogP contribution >= 0.6 is 15.9 Å². The smallest absolute Gasteiger partial charge is 0.123 e. The van der Waals surface area contributed by atoms with Crippen molar-refractivity contribution in [2.75, 3.05) is 26.2 Å². The Balaban J connectivity index is 1.69. The zero-order valence-electron chi connectivity index (χ0n) is 14.7. The molecule has 0 amide bonds. The monoisotopic (exact) mass is 403 g/mol. The molecular weight excluding hydrogens is 378 g/mol. The van der Waals surface area contributed by atoms with Gasteiger partial charge in [-0.15, -0.1) is 0 Å². The van der Waals surface area contributed by atoms with E-state index in [0.29, 0.717) is 12.5 Å². The molecule has 0 saturated carbocycles. The van der Waals surface area contributed by atoms with Gasteiger partial charge in [0.1, 0.15) is 5.75 Å². The summed E-state index contributed by atoms with van der Waals surface area (Å²) in [6, 6.07) is 16.7. The Hall–Kier alpha value is -1.36. The number of halogens is 1. The van der Waals surface area contributed by atoms with E-state index in [2.05, 4.69) is 58.1 Å². The predicted molar refractivity (Wildman–Crippen MR) is 105 cm³/mol. The third-order valence-corrected chi connectivity index (χ3v) is 5.82. The van der Waals surface area contributed by atoms with Crippen molar-refractivity contribution in [3.8, 4) is 5.75 Å². The summed E-state index contributed by atoms with van der Waals surface area (Å²) in [7, 11) is 0. The molecule has 1 unspecified atom stereocenters. The number of nitrogens with zero attached hydrogens (tertiary/aromatic N) is 1. The third-order valence-electron chi connectivity index (χ3n) is 4.96. The number of aliphatic hydroxyl groups excluding tert-OH is 1. The average Bonchev–Trinajstić information content (AvgIpc) is 2.64. The Morgan fingerprint density at radius 3 is 2.56 bits per heavy atom. The SMILES string of the molecule is Cc1c(Br)cccc1OCC(CN1CCC(O)CC1)c1ccccc1. The highest BCUT2D eigenvalue weighted by Crippen LogP contribution is 2.27. The molecule has 134 valence electrons. The second-order valence-corrected chi connectivity index (χ2v) is 7.67. The number of hydrogen-bond donors (Lipinski definition) is 1. The van der Waals surface area contributed by atoms with Gasteiger partial charge in [0.15, 0.2) is 0 Å². The Bertz CT molecular complexity index is 669. The molecule has 3 nitrogen and oxygen atoms in total. The van der Waals surface area contributed by atoms with Crippen molar-refractivity contribution < 1.29 is 9.84 Å². The first-order valence-electron chi connectivity index (χ1n) is 8.97. The lowest BCUT2D eigenvalue weighted by Crippen LogP contribution is -2.39. The van der Waals surface area contributed by atoms with Crippen LogP contribution in [0.1, 0.15) is 29.9 Å². The molecule has 0 radical (unpaired) electrons. The zero-order chi connectivity index (χ0) is 17.6. The molecule has 1 aliphatic rings. The minimum atomic E-state index is -0.132. The van der Waals surface area contributed by atoms with Gasteiger partial charge in [0, 0.05) is 35.6 Å². The summed E-state index contributed by atoms with van der Waals surface area (Å²) in [6.45, 7) is 5.61. The van der Waals surface area contributed by atoms with Crippen molar-refractivity contribution in [1.82, 2.24) is 4.90 Å². The second-order valence-electron chi connectivity index (χ2n) is 6.81. The van der Waals surface area contributed by atoms with Crippen molar-refractivity contribution in [3.05, 3.63) is 64.1 Å². The maximum atomic E-state index is 9.73.